The van der Waals surface area contributed by atoms with Crippen molar-refractivity contribution in [1.82, 2.24) is 25.2 Å². The molecule has 2 heterocycles. The van der Waals surface area contributed by atoms with Crippen molar-refractivity contribution in [3.8, 4) is 0 Å². The number of ether oxygens (including phenoxy) is 1. The number of aryl methyl sites for hydroxylation is 2. The van der Waals surface area contributed by atoms with Crippen LogP contribution in [0, 0.1) is 6.92 Å². The first kappa shape index (κ1) is 15.1. The highest BCUT2D eigenvalue weighted by Crippen LogP contribution is 2.19. The molecule has 0 N–H and O–H groups in total. The van der Waals surface area contributed by atoms with Crippen molar-refractivity contribution in [3.63, 3.8) is 0 Å². The predicted octanol–water partition coefficient (Wildman–Crippen LogP) is 2.30. The number of rotatable bonds is 5. The maximum Gasteiger partial charge on any atom is 0.339 e. The minimum Gasteiger partial charge on any atom is -0.454 e. The second kappa shape index (κ2) is 6.51. The van der Waals surface area contributed by atoms with Gasteiger partial charge in [0.1, 0.15) is 0 Å². The van der Waals surface area contributed by atoms with Crippen molar-refractivity contribution in [3.05, 3.63) is 47.4 Å². The standard InChI is InChI=1S/C16H17N5O2/c1-3-8-21-15(18-19-20-21)10-23-16(22)13-9-11(2)17-14-7-5-4-6-12(13)14/h4-7,9H,3,8,10H2,1-2H3. The third-order valence-electron chi connectivity index (χ3n) is 3.44. The molecule has 1 aromatic carbocycles. The van der Waals surface area contributed by atoms with Gasteiger partial charge in [0.05, 0.1) is 11.1 Å². The number of hydrogen-bond acceptors (Lipinski definition) is 6. The van der Waals surface area contributed by atoms with E-state index in [0.29, 0.717) is 17.9 Å². The van der Waals surface area contributed by atoms with Gasteiger partial charge in [-0.05, 0) is 35.9 Å². The van der Waals surface area contributed by atoms with Gasteiger partial charge < -0.3 is 4.74 Å². The van der Waals surface area contributed by atoms with E-state index in [1.807, 2.05) is 38.1 Å². The van der Waals surface area contributed by atoms with E-state index >= 15 is 0 Å². The average molecular weight is 311 g/mol. The molecule has 3 aromatic rings. The van der Waals surface area contributed by atoms with Crippen molar-refractivity contribution in [1.29, 1.82) is 0 Å². The molecule has 2 aromatic heterocycles. The van der Waals surface area contributed by atoms with E-state index < -0.39 is 5.97 Å². The summed E-state index contributed by atoms with van der Waals surface area (Å²) in [5.41, 5.74) is 2.05. The number of esters is 1. The first-order valence-electron chi connectivity index (χ1n) is 7.47. The number of tetrazole rings is 1. The minimum atomic E-state index is -0.405. The molecule has 0 atom stereocenters. The monoisotopic (exact) mass is 311 g/mol. The van der Waals surface area contributed by atoms with Crippen LogP contribution < -0.4 is 0 Å². The molecule has 118 valence electrons. The summed E-state index contributed by atoms with van der Waals surface area (Å²) < 4.78 is 7.03. The second-order valence-corrected chi connectivity index (χ2v) is 5.22. The van der Waals surface area contributed by atoms with Gasteiger partial charge in [-0.25, -0.2) is 9.48 Å². The summed E-state index contributed by atoms with van der Waals surface area (Å²) in [5, 5.41) is 12.2. The predicted molar refractivity (Wildman–Crippen MR) is 83.7 cm³/mol. The maximum atomic E-state index is 12.4. The number of carbonyl (C=O) groups excluding carboxylic acids is 1. The number of para-hydroxylation sites is 1. The van der Waals surface area contributed by atoms with Crippen LogP contribution in [0.4, 0.5) is 0 Å². The van der Waals surface area contributed by atoms with Gasteiger partial charge in [-0.2, -0.15) is 0 Å². The van der Waals surface area contributed by atoms with Gasteiger partial charge in [-0.15, -0.1) is 5.10 Å². The topological polar surface area (TPSA) is 82.8 Å². The average Bonchev–Trinajstić information content (AvgIpc) is 2.99. The van der Waals surface area contributed by atoms with Crippen molar-refractivity contribution < 1.29 is 9.53 Å². The summed E-state index contributed by atoms with van der Waals surface area (Å²) in [4.78, 5) is 16.9. The normalized spacial score (nSPS) is 10.9. The van der Waals surface area contributed by atoms with Gasteiger partial charge in [0.25, 0.3) is 0 Å². The molecular weight excluding hydrogens is 294 g/mol. The lowest BCUT2D eigenvalue weighted by molar-refractivity contribution is 0.0458. The Bertz CT molecular complexity index is 843. The SMILES string of the molecule is CCCn1nnnc1COC(=O)c1cc(C)nc2ccccc12. The van der Waals surface area contributed by atoms with E-state index in [1.54, 1.807) is 10.7 Å². The molecule has 0 unspecified atom stereocenters. The van der Waals surface area contributed by atoms with Crippen molar-refractivity contribution in [2.24, 2.45) is 0 Å². The Morgan fingerprint density at radius 3 is 2.96 bits per heavy atom. The molecule has 0 radical (unpaired) electrons. The zero-order valence-corrected chi connectivity index (χ0v) is 13.1. The van der Waals surface area contributed by atoms with Crippen LogP contribution in [0.3, 0.4) is 0 Å². The van der Waals surface area contributed by atoms with Crippen LogP contribution in [0.25, 0.3) is 10.9 Å². The minimum absolute atomic E-state index is 0.0432. The van der Waals surface area contributed by atoms with Gasteiger partial charge in [-0.1, -0.05) is 25.1 Å². The first-order valence-corrected chi connectivity index (χ1v) is 7.47. The van der Waals surface area contributed by atoms with Crippen molar-refractivity contribution in [2.75, 3.05) is 0 Å². The summed E-state index contributed by atoms with van der Waals surface area (Å²) in [7, 11) is 0. The van der Waals surface area contributed by atoms with Gasteiger partial charge in [-0.3, -0.25) is 4.98 Å². The van der Waals surface area contributed by atoms with Crippen LogP contribution in [-0.4, -0.2) is 31.2 Å². The lowest BCUT2D eigenvalue weighted by Gasteiger charge is -2.08. The highest BCUT2D eigenvalue weighted by molar-refractivity contribution is 6.03. The number of fused-ring (bicyclic) bond motifs is 1. The Balaban J connectivity index is 1.82. The van der Waals surface area contributed by atoms with Gasteiger partial charge in [0.15, 0.2) is 12.4 Å². The summed E-state index contributed by atoms with van der Waals surface area (Å²) in [6, 6.07) is 9.24. The first-order chi connectivity index (χ1) is 11.2. The third-order valence-corrected chi connectivity index (χ3v) is 3.44. The summed E-state index contributed by atoms with van der Waals surface area (Å²) in [6.45, 7) is 4.62. The molecule has 0 bridgehead atoms. The van der Waals surface area contributed by atoms with Gasteiger partial charge in [0, 0.05) is 17.6 Å². The van der Waals surface area contributed by atoms with E-state index in [1.165, 1.54) is 0 Å². The van der Waals surface area contributed by atoms with Crippen LogP contribution in [0.1, 0.15) is 35.2 Å². The fraction of sp³-hybridized carbons (Fsp3) is 0.312. The molecule has 0 fully saturated rings. The number of pyridine rings is 1. The molecule has 7 nitrogen and oxygen atoms in total. The van der Waals surface area contributed by atoms with Crippen LogP contribution in [-0.2, 0) is 17.9 Å². The molecule has 23 heavy (non-hydrogen) atoms. The van der Waals surface area contributed by atoms with Crippen molar-refractivity contribution in [2.45, 2.75) is 33.4 Å². The third kappa shape index (κ3) is 3.18. The fourth-order valence-electron chi connectivity index (χ4n) is 2.40. The van der Waals surface area contributed by atoms with E-state index in [9.17, 15) is 4.79 Å². The Kier molecular flexibility index (Phi) is 4.27. The molecular formula is C16H17N5O2. The highest BCUT2D eigenvalue weighted by atomic mass is 16.5. The number of aromatic nitrogens is 5. The Hall–Kier alpha value is -2.83. The van der Waals surface area contributed by atoms with Crippen LogP contribution in [0.15, 0.2) is 30.3 Å². The lowest BCUT2D eigenvalue weighted by Crippen LogP contribution is -2.11. The van der Waals surface area contributed by atoms with Crippen molar-refractivity contribution >= 4 is 16.9 Å². The summed E-state index contributed by atoms with van der Waals surface area (Å²) in [6.07, 6.45) is 0.903. The maximum absolute atomic E-state index is 12.4. The molecule has 0 spiro atoms. The summed E-state index contributed by atoms with van der Waals surface area (Å²) in [5.74, 6) is 0.132. The Morgan fingerprint density at radius 2 is 2.13 bits per heavy atom. The van der Waals surface area contributed by atoms with Crippen LogP contribution >= 0.6 is 0 Å². The number of benzene rings is 1. The molecule has 7 heteroatoms. The quantitative estimate of drug-likeness (QED) is 0.672. The molecule has 0 aliphatic heterocycles. The van der Waals surface area contributed by atoms with Crippen LogP contribution in [0.2, 0.25) is 0 Å². The zero-order chi connectivity index (χ0) is 16.2. The summed E-state index contributed by atoms with van der Waals surface area (Å²) >= 11 is 0. The van der Waals surface area contributed by atoms with Crippen LogP contribution in [0.5, 0.6) is 0 Å². The van der Waals surface area contributed by atoms with Gasteiger partial charge in [0.2, 0.25) is 0 Å². The molecule has 0 saturated heterocycles. The number of hydrogen-bond donors (Lipinski definition) is 0. The van der Waals surface area contributed by atoms with E-state index in [0.717, 1.165) is 23.0 Å². The fourth-order valence-corrected chi connectivity index (χ4v) is 2.40. The highest BCUT2D eigenvalue weighted by Gasteiger charge is 2.15. The Morgan fingerprint density at radius 1 is 1.30 bits per heavy atom. The van der Waals surface area contributed by atoms with E-state index in [4.69, 9.17) is 4.74 Å². The second-order valence-electron chi connectivity index (χ2n) is 5.22. The van der Waals surface area contributed by atoms with E-state index in [2.05, 4.69) is 20.5 Å². The van der Waals surface area contributed by atoms with Gasteiger partial charge >= 0.3 is 5.97 Å². The molecule has 0 aliphatic rings. The molecule has 0 aliphatic carbocycles. The van der Waals surface area contributed by atoms with E-state index in [-0.39, 0.29) is 6.61 Å². The Labute approximate surface area is 133 Å². The zero-order valence-electron chi connectivity index (χ0n) is 13.1. The lowest BCUT2D eigenvalue weighted by atomic mass is 10.1. The molecule has 0 saturated carbocycles. The molecule has 3 rings (SSSR count). The number of nitrogens with zero attached hydrogens (tertiary/aromatic N) is 5. The smallest absolute Gasteiger partial charge is 0.339 e. The largest absolute Gasteiger partial charge is 0.454 e. The molecule has 0 amide bonds. The number of carbonyl (C=O) groups is 1.